The SMILES string of the molecule is O=C(NCCCOCC1CCCO1)c1nnn(-c2ccc(Br)cc2)c1C1CC1. The second kappa shape index (κ2) is 9.15. The number of rotatable bonds is 9. The Morgan fingerprint density at radius 1 is 1.29 bits per heavy atom. The highest BCUT2D eigenvalue weighted by Gasteiger charge is 2.34. The van der Waals surface area contributed by atoms with Crippen LogP contribution < -0.4 is 5.32 Å². The summed E-state index contributed by atoms with van der Waals surface area (Å²) in [6, 6.07) is 7.86. The average Bonchev–Trinajstić information content (AvgIpc) is 3.23. The summed E-state index contributed by atoms with van der Waals surface area (Å²) in [5.41, 5.74) is 2.26. The number of benzene rings is 1. The first-order chi connectivity index (χ1) is 13.7. The largest absolute Gasteiger partial charge is 0.379 e. The van der Waals surface area contributed by atoms with Crippen LogP contribution in [0.25, 0.3) is 5.69 Å². The first-order valence-corrected chi connectivity index (χ1v) is 10.7. The number of hydrogen-bond donors (Lipinski definition) is 1. The second-order valence-corrected chi connectivity index (χ2v) is 8.22. The van der Waals surface area contributed by atoms with Gasteiger partial charge in [0.05, 0.1) is 24.1 Å². The lowest BCUT2D eigenvalue weighted by Crippen LogP contribution is -2.27. The summed E-state index contributed by atoms with van der Waals surface area (Å²) in [6.07, 6.45) is 5.34. The number of aromatic nitrogens is 3. The minimum Gasteiger partial charge on any atom is -0.379 e. The topological polar surface area (TPSA) is 78.3 Å². The molecule has 0 bridgehead atoms. The zero-order chi connectivity index (χ0) is 19.3. The summed E-state index contributed by atoms with van der Waals surface area (Å²) in [4.78, 5) is 12.6. The maximum Gasteiger partial charge on any atom is 0.273 e. The monoisotopic (exact) mass is 448 g/mol. The summed E-state index contributed by atoms with van der Waals surface area (Å²) >= 11 is 3.44. The zero-order valence-electron chi connectivity index (χ0n) is 15.8. The Hall–Kier alpha value is -1.77. The summed E-state index contributed by atoms with van der Waals surface area (Å²) in [5, 5.41) is 11.4. The van der Waals surface area contributed by atoms with Crippen LogP contribution in [0.3, 0.4) is 0 Å². The Labute approximate surface area is 172 Å². The molecule has 1 aliphatic heterocycles. The van der Waals surface area contributed by atoms with Crippen molar-refractivity contribution in [2.24, 2.45) is 0 Å². The van der Waals surface area contributed by atoms with E-state index in [1.807, 2.05) is 24.3 Å². The molecule has 2 fully saturated rings. The van der Waals surface area contributed by atoms with Crippen LogP contribution in [0.4, 0.5) is 0 Å². The van der Waals surface area contributed by atoms with E-state index in [0.29, 0.717) is 31.4 Å². The van der Waals surface area contributed by atoms with Crippen molar-refractivity contribution >= 4 is 21.8 Å². The lowest BCUT2D eigenvalue weighted by molar-refractivity contribution is 0.0166. The fraction of sp³-hybridized carbons (Fsp3) is 0.550. The molecule has 2 aliphatic rings. The van der Waals surface area contributed by atoms with Gasteiger partial charge in [0, 0.05) is 30.1 Å². The van der Waals surface area contributed by atoms with Crippen LogP contribution >= 0.6 is 15.9 Å². The van der Waals surface area contributed by atoms with Crippen molar-refractivity contribution < 1.29 is 14.3 Å². The minimum atomic E-state index is -0.163. The second-order valence-electron chi connectivity index (χ2n) is 7.31. The van der Waals surface area contributed by atoms with Crippen molar-refractivity contribution in [3.05, 3.63) is 40.1 Å². The molecular weight excluding hydrogens is 424 g/mol. The van der Waals surface area contributed by atoms with E-state index < -0.39 is 0 Å². The van der Waals surface area contributed by atoms with Crippen LogP contribution in [0.5, 0.6) is 0 Å². The number of halogens is 1. The van der Waals surface area contributed by atoms with Crippen LogP contribution in [0, 0.1) is 0 Å². The highest BCUT2D eigenvalue weighted by molar-refractivity contribution is 9.10. The van der Waals surface area contributed by atoms with Gasteiger partial charge in [-0.1, -0.05) is 21.1 Å². The molecule has 7 nitrogen and oxygen atoms in total. The van der Waals surface area contributed by atoms with Gasteiger partial charge in [-0.05, 0) is 56.4 Å². The quantitative estimate of drug-likeness (QED) is 0.595. The molecule has 1 saturated carbocycles. The molecule has 2 aromatic rings. The molecule has 1 aliphatic carbocycles. The number of nitrogens with one attached hydrogen (secondary N) is 1. The highest BCUT2D eigenvalue weighted by Crippen LogP contribution is 2.42. The van der Waals surface area contributed by atoms with Crippen molar-refractivity contribution in [2.75, 3.05) is 26.4 Å². The standard InChI is InChI=1S/C20H25BrN4O3/c21-15-6-8-16(9-7-15)25-19(14-4-5-14)18(23-24-25)20(26)22-10-2-11-27-13-17-3-1-12-28-17/h6-9,14,17H,1-5,10-13H2,(H,22,26). The molecule has 1 amide bonds. The van der Waals surface area contributed by atoms with Crippen LogP contribution in [0.15, 0.2) is 28.7 Å². The van der Waals surface area contributed by atoms with Gasteiger partial charge in [-0.2, -0.15) is 0 Å². The Bertz CT molecular complexity index is 798. The molecule has 28 heavy (non-hydrogen) atoms. The Morgan fingerprint density at radius 2 is 2.11 bits per heavy atom. The van der Waals surface area contributed by atoms with Crippen LogP contribution in [0.1, 0.15) is 54.2 Å². The summed E-state index contributed by atoms with van der Waals surface area (Å²) in [5.74, 6) is 0.193. The number of ether oxygens (including phenoxy) is 2. The third kappa shape index (κ3) is 4.79. The molecule has 4 rings (SSSR count). The van der Waals surface area contributed by atoms with E-state index in [4.69, 9.17) is 9.47 Å². The number of hydrogen-bond acceptors (Lipinski definition) is 5. The van der Waals surface area contributed by atoms with Gasteiger partial charge >= 0.3 is 0 Å². The van der Waals surface area contributed by atoms with E-state index in [2.05, 4.69) is 31.6 Å². The van der Waals surface area contributed by atoms with Gasteiger partial charge in [-0.25, -0.2) is 4.68 Å². The van der Waals surface area contributed by atoms with Crippen molar-refractivity contribution in [2.45, 2.75) is 44.1 Å². The average molecular weight is 449 g/mol. The third-order valence-electron chi connectivity index (χ3n) is 5.03. The molecule has 1 aromatic heterocycles. The van der Waals surface area contributed by atoms with Crippen molar-refractivity contribution in [3.63, 3.8) is 0 Å². The summed E-state index contributed by atoms with van der Waals surface area (Å²) in [6.45, 7) is 2.65. The van der Waals surface area contributed by atoms with Crippen molar-refractivity contribution in [1.29, 1.82) is 0 Å². The van der Waals surface area contributed by atoms with Crippen LogP contribution in [0.2, 0.25) is 0 Å². The van der Waals surface area contributed by atoms with Gasteiger partial charge < -0.3 is 14.8 Å². The fourth-order valence-corrected chi connectivity index (χ4v) is 3.66. The molecule has 0 radical (unpaired) electrons. The lowest BCUT2D eigenvalue weighted by atomic mass is 10.2. The maximum absolute atomic E-state index is 12.6. The molecule has 0 spiro atoms. The zero-order valence-corrected chi connectivity index (χ0v) is 17.4. The number of amides is 1. The van der Waals surface area contributed by atoms with Gasteiger partial charge in [-0.3, -0.25) is 4.79 Å². The molecule has 8 heteroatoms. The predicted octanol–water partition coefficient (Wildman–Crippen LogP) is 3.22. The maximum atomic E-state index is 12.6. The Morgan fingerprint density at radius 3 is 2.82 bits per heavy atom. The van der Waals surface area contributed by atoms with Crippen LogP contribution in [-0.4, -0.2) is 53.4 Å². The minimum absolute atomic E-state index is 0.163. The fourth-order valence-electron chi connectivity index (χ4n) is 3.40. The number of carbonyl (C=O) groups excluding carboxylic acids is 1. The van der Waals surface area contributed by atoms with Crippen molar-refractivity contribution in [3.8, 4) is 5.69 Å². The number of nitrogens with zero attached hydrogens (tertiary/aromatic N) is 3. The Balaban J connectivity index is 1.31. The molecule has 1 N–H and O–H groups in total. The smallest absolute Gasteiger partial charge is 0.273 e. The van der Waals surface area contributed by atoms with E-state index in [1.165, 1.54) is 0 Å². The van der Waals surface area contributed by atoms with E-state index in [1.54, 1.807) is 4.68 Å². The molecule has 1 atom stereocenters. The molecule has 1 aromatic carbocycles. The third-order valence-corrected chi connectivity index (χ3v) is 5.56. The summed E-state index contributed by atoms with van der Waals surface area (Å²) < 4.78 is 14.0. The number of carbonyl (C=O) groups is 1. The first kappa shape index (κ1) is 19.5. The van der Waals surface area contributed by atoms with Gasteiger partial charge in [0.1, 0.15) is 0 Å². The highest BCUT2D eigenvalue weighted by atomic mass is 79.9. The van der Waals surface area contributed by atoms with Gasteiger partial charge in [-0.15, -0.1) is 5.10 Å². The Kier molecular flexibility index (Phi) is 6.39. The molecule has 150 valence electrons. The lowest BCUT2D eigenvalue weighted by Gasteiger charge is -2.10. The van der Waals surface area contributed by atoms with E-state index in [0.717, 1.165) is 54.6 Å². The van der Waals surface area contributed by atoms with Gasteiger partial charge in [0.15, 0.2) is 5.69 Å². The molecule has 1 unspecified atom stereocenters. The van der Waals surface area contributed by atoms with Crippen LogP contribution in [-0.2, 0) is 9.47 Å². The molecular formula is C20H25BrN4O3. The first-order valence-electron chi connectivity index (χ1n) is 9.91. The van der Waals surface area contributed by atoms with E-state index >= 15 is 0 Å². The van der Waals surface area contributed by atoms with E-state index in [-0.39, 0.29) is 12.0 Å². The normalized spacial score (nSPS) is 19.1. The molecule has 1 saturated heterocycles. The summed E-state index contributed by atoms with van der Waals surface area (Å²) in [7, 11) is 0. The van der Waals surface area contributed by atoms with Gasteiger partial charge in [0.2, 0.25) is 0 Å². The van der Waals surface area contributed by atoms with Crippen molar-refractivity contribution in [1.82, 2.24) is 20.3 Å². The van der Waals surface area contributed by atoms with Gasteiger partial charge in [0.25, 0.3) is 5.91 Å². The predicted molar refractivity (Wildman–Crippen MR) is 108 cm³/mol. The molecule has 2 heterocycles. The van der Waals surface area contributed by atoms with E-state index in [9.17, 15) is 4.79 Å².